The van der Waals surface area contributed by atoms with Gasteiger partial charge in [0.1, 0.15) is 0 Å². The molecule has 0 heterocycles. The molecule has 1 saturated carbocycles. The minimum Gasteiger partial charge on any atom is -0.392 e. The Balaban J connectivity index is 1.99. The number of nitrogens with one attached hydrogen (secondary N) is 4. The molecular formula is C19H28N4O. The van der Waals surface area contributed by atoms with E-state index in [1.807, 2.05) is 12.1 Å². The van der Waals surface area contributed by atoms with Crippen molar-refractivity contribution in [3.05, 3.63) is 47.3 Å². The minimum absolute atomic E-state index is 0.193. The van der Waals surface area contributed by atoms with E-state index < -0.39 is 0 Å². The first-order valence-electron chi connectivity index (χ1n) is 8.36. The summed E-state index contributed by atoms with van der Waals surface area (Å²) in [5.41, 5.74) is 2.53. The fourth-order valence-corrected chi connectivity index (χ4v) is 2.61. The van der Waals surface area contributed by atoms with Crippen molar-refractivity contribution in [2.75, 3.05) is 13.6 Å². The van der Waals surface area contributed by atoms with Gasteiger partial charge in [-0.25, -0.2) is 0 Å². The van der Waals surface area contributed by atoms with E-state index in [9.17, 15) is 4.79 Å². The lowest BCUT2D eigenvalue weighted by atomic mass is 9.97. The van der Waals surface area contributed by atoms with Crippen LogP contribution in [0.25, 0.3) is 0 Å². The van der Waals surface area contributed by atoms with Crippen molar-refractivity contribution < 1.29 is 4.79 Å². The standard InChI is InChI=1S/C19H28N4O/c1-19(2,3)12-22-17-9-16(17)13-6-5-7-14(8-13)18(24)23-15(10-20)11-21-4/h5-8,10-11,16-17,20-22H,9,12H2,1-4H3,(H,23,24)/b15-11+,20-10?. The summed E-state index contributed by atoms with van der Waals surface area (Å²) in [7, 11) is 1.73. The third-order valence-electron chi connectivity index (χ3n) is 3.98. The SMILES string of the molecule is CN/C=C(\C=N)NC(=O)c1cccc(C2CC2NCC(C)(C)C)c1. The number of hydrogen-bond donors (Lipinski definition) is 4. The summed E-state index contributed by atoms with van der Waals surface area (Å²) >= 11 is 0. The summed E-state index contributed by atoms with van der Waals surface area (Å²) in [4.78, 5) is 12.3. The largest absolute Gasteiger partial charge is 0.392 e. The van der Waals surface area contributed by atoms with Crippen LogP contribution in [-0.4, -0.2) is 31.8 Å². The lowest BCUT2D eigenvalue weighted by Crippen LogP contribution is -2.29. The molecule has 0 spiro atoms. The van der Waals surface area contributed by atoms with Crippen LogP contribution in [0, 0.1) is 10.8 Å². The van der Waals surface area contributed by atoms with Crippen LogP contribution >= 0.6 is 0 Å². The molecule has 1 fully saturated rings. The summed E-state index contributed by atoms with van der Waals surface area (Å²) in [5.74, 6) is 0.289. The Hall–Kier alpha value is -2.14. The molecule has 5 heteroatoms. The summed E-state index contributed by atoms with van der Waals surface area (Å²) in [6.07, 6.45) is 3.82. The van der Waals surface area contributed by atoms with Gasteiger partial charge < -0.3 is 21.4 Å². The van der Waals surface area contributed by atoms with Crippen LogP contribution in [0.5, 0.6) is 0 Å². The predicted octanol–water partition coefficient (Wildman–Crippen LogP) is 2.62. The maximum absolute atomic E-state index is 12.3. The summed E-state index contributed by atoms with van der Waals surface area (Å²) in [5, 5.41) is 16.4. The zero-order valence-corrected chi connectivity index (χ0v) is 14.9. The van der Waals surface area contributed by atoms with Crippen LogP contribution in [0.4, 0.5) is 0 Å². The molecule has 1 aromatic carbocycles. The lowest BCUT2D eigenvalue weighted by molar-refractivity contribution is 0.0968. The first-order valence-corrected chi connectivity index (χ1v) is 8.36. The third-order valence-corrected chi connectivity index (χ3v) is 3.98. The smallest absolute Gasteiger partial charge is 0.255 e. The van der Waals surface area contributed by atoms with Gasteiger partial charge in [-0.3, -0.25) is 4.79 Å². The quantitative estimate of drug-likeness (QED) is 0.581. The van der Waals surface area contributed by atoms with Crippen molar-refractivity contribution in [2.45, 2.75) is 39.2 Å². The molecule has 2 rings (SSSR count). The zero-order chi connectivity index (χ0) is 17.7. The fraction of sp³-hybridized carbons (Fsp3) is 0.474. The highest BCUT2D eigenvalue weighted by molar-refractivity contribution is 5.98. The van der Waals surface area contributed by atoms with Gasteiger partial charge in [-0.15, -0.1) is 0 Å². The molecule has 1 aliphatic rings. The van der Waals surface area contributed by atoms with E-state index in [-0.39, 0.29) is 11.3 Å². The van der Waals surface area contributed by atoms with Gasteiger partial charge in [0, 0.05) is 43.5 Å². The Morgan fingerprint density at radius 3 is 2.75 bits per heavy atom. The summed E-state index contributed by atoms with van der Waals surface area (Å²) in [6.45, 7) is 7.66. The number of benzene rings is 1. The van der Waals surface area contributed by atoms with Crippen molar-refractivity contribution in [2.24, 2.45) is 5.41 Å². The number of carbonyl (C=O) groups is 1. The van der Waals surface area contributed by atoms with Crippen LogP contribution in [-0.2, 0) is 0 Å². The van der Waals surface area contributed by atoms with E-state index in [4.69, 9.17) is 5.41 Å². The van der Waals surface area contributed by atoms with E-state index in [1.54, 1.807) is 19.3 Å². The topological polar surface area (TPSA) is 77.0 Å². The number of rotatable bonds is 7. The first kappa shape index (κ1) is 18.2. The molecule has 130 valence electrons. The second kappa shape index (κ2) is 7.62. The van der Waals surface area contributed by atoms with Crippen molar-refractivity contribution >= 4 is 12.1 Å². The molecule has 24 heavy (non-hydrogen) atoms. The summed E-state index contributed by atoms with van der Waals surface area (Å²) in [6, 6.07) is 8.28. The molecule has 2 atom stereocenters. The molecule has 1 aromatic rings. The average molecular weight is 328 g/mol. The van der Waals surface area contributed by atoms with Crippen molar-refractivity contribution in [1.29, 1.82) is 5.41 Å². The van der Waals surface area contributed by atoms with E-state index >= 15 is 0 Å². The Morgan fingerprint density at radius 2 is 2.12 bits per heavy atom. The molecule has 0 aliphatic heterocycles. The lowest BCUT2D eigenvalue weighted by Gasteiger charge is -2.18. The molecule has 0 bridgehead atoms. The van der Waals surface area contributed by atoms with E-state index in [0.717, 1.165) is 19.2 Å². The Bertz CT molecular complexity index is 630. The molecule has 1 aliphatic carbocycles. The molecule has 0 saturated heterocycles. The van der Waals surface area contributed by atoms with Gasteiger partial charge in [-0.1, -0.05) is 32.9 Å². The van der Waals surface area contributed by atoms with Gasteiger partial charge in [0.25, 0.3) is 5.91 Å². The van der Waals surface area contributed by atoms with Crippen LogP contribution in [0.15, 0.2) is 36.2 Å². The Morgan fingerprint density at radius 1 is 1.38 bits per heavy atom. The Kier molecular flexibility index (Phi) is 5.78. The first-order chi connectivity index (χ1) is 11.3. The van der Waals surface area contributed by atoms with Gasteiger partial charge >= 0.3 is 0 Å². The molecular weight excluding hydrogens is 300 g/mol. The average Bonchev–Trinajstić information content (AvgIpc) is 3.31. The monoisotopic (exact) mass is 328 g/mol. The number of carbonyl (C=O) groups excluding carboxylic acids is 1. The molecule has 1 amide bonds. The van der Waals surface area contributed by atoms with Gasteiger partial charge in [-0.2, -0.15) is 0 Å². The predicted molar refractivity (Wildman–Crippen MR) is 98.4 cm³/mol. The van der Waals surface area contributed by atoms with Crippen molar-refractivity contribution in [1.82, 2.24) is 16.0 Å². The molecule has 5 nitrogen and oxygen atoms in total. The van der Waals surface area contributed by atoms with Crippen LogP contribution in [0.3, 0.4) is 0 Å². The Labute approximate surface area is 144 Å². The van der Waals surface area contributed by atoms with E-state index in [2.05, 4.69) is 42.8 Å². The van der Waals surface area contributed by atoms with E-state index in [0.29, 0.717) is 23.2 Å². The molecule has 0 aromatic heterocycles. The number of hydrogen-bond acceptors (Lipinski definition) is 4. The van der Waals surface area contributed by atoms with Gasteiger partial charge in [0.2, 0.25) is 0 Å². The highest BCUT2D eigenvalue weighted by Gasteiger charge is 2.38. The van der Waals surface area contributed by atoms with Crippen LogP contribution in [0.1, 0.15) is 49.0 Å². The normalized spacial score (nSPS) is 20.4. The maximum atomic E-state index is 12.3. The van der Waals surface area contributed by atoms with Crippen LogP contribution in [0.2, 0.25) is 0 Å². The summed E-state index contributed by atoms with van der Waals surface area (Å²) < 4.78 is 0. The fourth-order valence-electron chi connectivity index (χ4n) is 2.61. The molecule has 0 radical (unpaired) electrons. The van der Waals surface area contributed by atoms with Crippen molar-refractivity contribution in [3.8, 4) is 0 Å². The second-order valence-corrected chi connectivity index (χ2v) is 7.50. The molecule has 4 N–H and O–H groups in total. The highest BCUT2D eigenvalue weighted by atomic mass is 16.1. The van der Waals surface area contributed by atoms with Gasteiger partial charge in [-0.05, 0) is 29.5 Å². The van der Waals surface area contributed by atoms with Gasteiger partial charge in [0.05, 0.1) is 5.70 Å². The van der Waals surface area contributed by atoms with Gasteiger partial charge in [0.15, 0.2) is 0 Å². The number of allylic oxidation sites excluding steroid dienone is 1. The second-order valence-electron chi connectivity index (χ2n) is 7.50. The minimum atomic E-state index is -0.193. The van der Waals surface area contributed by atoms with E-state index in [1.165, 1.54) is 5.56 Å². The van der Waals surface area contributed by atoms with Crippen molar-refractivity contribution in [3.63, 3.8) is 0 Å². The zero-order valence-electron chi connectivity index (χ0n) is 14.9. The highest BCUT2D eigenvalue weighted by Crippen LogP contribution is 2.41. The number of amides is 1. The molecule has 2 unspecified atom stereocenters. The van der Waals surface area contributed by atoms with Crippen LogP contribution < -0.4 is 16.0 Å². The maximum Gasteiger partial charge on any atom is 0.255 e. The third kappa shape index (κ3) is 5.20.